The van der Waals surface area contributed by atoms with Gasteiger partial charge in [0.05, 0.1) is 26.4 Å². The van der Waals surface area contributed by atoms with Gasteiger partial charge in [-0.3, -0.25) is 4.90 Å². The van der Waals surface area contributed by atoms with Crippen molar-refractivity contribution in [2.75, 3.05) is 41.0 Å². The molecule has 194 valence electrons. The predicted molar refractivity (Wildman–Crippen MR) is 134 cm³/mol. The number of benzene rings is 2. The van der Waals surface area contributed by atoms with Crippen LogP contribution in [0.3, 0.4) is 0 Å². The molecule has 36 heavy (non-hydrogen) atoms. The Balaban J connectivity index is 1.35. The first kappa shape index (κ1) is 24.2. The van der Waals surface area contributed by atoms with Gasteiger partial charge in [0.15, 0.2) is 17.8 Å². The van der Waals surface area contributed by atoms with Crippen LogP contribution in [0.2, 0.25) is 0 Å². The zero-order valence-electron chi connectivity index (χ0n) is 21.4. The van der Waals surface area contributed by atoms with Crippen LogP contribution in [-0.2, 0) is 32.7 Å². The van der Waals surface area contributed by atoms with E-state index in [1.807, 2.05) is 24.3 Å². The molecule has 0 amide bonds. The molecular formula is C29H37NO6. The number of hydrogen-bond donors (Lipinski definition) is 1. The van der Waals surface area contributed by atoms with Crippen molar-refractivity contribution in [2.45, 2.75) is 55.8 Å². The number of aliphatic hydroxyl groups is 1. The molecule has 4 aliphatic rings. The number of piperidine rings is 1. The Morgan fingerprint density at radius 1 is 1.14 bits per heavy atom. The summed E-state index contributed by atoms with van der Waals surface area (Å²) in [4.78, 5) is 2.43. The topological polar surface area (TPSA) is 69.6 Å². The Labute approximate surface area is 213 Å². The molecule has 2 aromatic rings. The van der Waals surface area contributed by atoms with E-state index in [0.717, 1.165) is 37.3 Å². The molecule has 5 unspecified atom stereocenters. The van der Waals surface area contributed by atoms with Crippen LogP contribution in [0.4, 0.5) is 0 Å². The molecule has 7 nitrogen and oxygen atoms in total. The molecule has 7 atom stereocenters. The minimum atomic E-state index is -0.789. The van der Waals surface area contributed by atoms with Gasteiger partial charge in [-0.25, -0.2) is 0 Å². The van der Waals surface area contributed by atoms with E-state index in [0.29, 0.717) is 31.7 Å². The smallest absolute Gasteiger partial charge is 0.166 e. The first-order valence-electron chi connectivity index (χ1n) is 13.1. The number of likely N-dealkylation sites (tertiary alicyclic amines) is 1. The van der Waals surface area contributed by atoms with Crippen molar-refractivity contribution in [3.05, 3.63) is 59.2 Å². The van der Waals surface area contributed by atoms with Crippen LogP contribution in [-0.4, -0.2) is 75.6 Å². The van der Waals surface area contributed by atoms with Crippen molar-refractivity contribution in [1.29, 1.82) is 0 Å². The lowest BCUT2D eigenvalue weighted by atomic mass is 9.49. The third kappa shape index (κ3) is 3.67. The average Bonchev–Trinajstić information content (AvgIpc) is 3.25. The molecule has 0 aromatic heterocycles. The molecule has 1 spiro atoms. The van der Waals surface area contributed by atoms with E-state index in [1.165, 1.54) is 16.7 Å². The lowest BCUT2D eigenvalue weighted by Crippen LogP contribution is -2.69. The molecule has 0 radical (unpaired) electrons. The highest BCUT2D eigenvalue weighted by Crippen LogP contribution is 2.65. The summed E-state index contributed by atoms with van der Waals surface area (Å²) in [5.74, 6) is 2.29. The van der Waals surface area contributed by atoms with Crippen molar-refractivity contribution >= 4 is 0 Å². The molecule has 1 saturated heterocycles. The number of nitrogens with zero attached hydrogens (tertiary/aromatic N) is 1. The number of rotatable bonds is 9. The lowest BCUT2D eigenvalue weighted by molar-refractivity contribution is -0.165. The summed E-state index contributed by atoms with van der Waals surface area (Å²) in [5.41, 5.74) is 3.73. The first-order valence-corrected chi connectivity index (χ1v) is 13.1. The molecule has 1 N–H and O–H groups in total. The third-order valence-corrected chi connectivity index (χ3v) is 9.18. The number of β-amino-alcohol motifs (C(OH)–C–C–N with tert-alkyl or cyclic N) is 1. The lowest BCUT2D eigenvalue weighted by Gasteiger charge is -2.61. The van der Waals surface area contributed by atoms with Crippen molar-refractivity contribution in [2.24, 2.45) is 11.8 Å². The van der Waals surface area contributed by atoms with Crippen LogP contribution >= 0.6 is 0 Å². The van der Waals surface area contributed by atoms with Crippen LogP contribution in [0.1, 0.15) is 29.5 Å². The summed E-state index contributed by atoms with van der Waals surface area (Å²) >= 11 is 0. The first-order chi connectivity index (χ1) is 17.6. The summed E-state index contributed by atoms with van der Waals surface area (Å²) in [5, 5.41) is 10.3. The maximum absolute atomic E-state index is 10.3. The summed E-state index contributed by atoms with van der Waals surface area (Å²) < 4.78 is 30.3. The van der Waals surface area contributed by atoms with Crippen LogP contribution in [0.25, 0.3) is 0 Å². The van der Waals surface area contributed by atoms with Crippen molar-refractivity contribution < 1.29 is 28.8 Å². The zero-order valence-corrected chi connectivity index (χ0v) is 21.4. The molecule has 2 aromatic carbocycles. The predicted octanol–water partition coefficient (Wildman–Crippen LogP) is 3.16. The molecule has 2 bridgehead atoms. The molecule has 2 heterocycles. The van der Waals surface area contributed by atoms with Gasteiger partial charge in [0.2, 0.25) is 0 Å². The maximum atomic E-state index is 10.3. The van der Waals surface area contributed by atoms with Crippen molar-refractivity contribution in [3.63, 3.8) is 0 Å². The second-order valence-corrected chi connectivity index (χ2v) is 10.7. The van der Waals surface area contributed by atoms with Crippen molar-refractivity contribution in [3.8, 4) is 11.5 Å². The minimum absolute atomic E-state index is 0.0724. The Bertz CT molecular complexity index is 1080. The Kier molecular flexibility index (Phi) is 6.46. The fraction of sp³-hybridized carbons (Fsp3) is 0.586. The van der Waals surface area contributed by atoms with Crippen LogP contribution in [0, 0.1) is 11.8 Å². The van der Waals surface area contributed by atoms with Gasteiger partial charge in [-0.05, 0) is 48.9 Å². The highest BCUT2D eigenvalue weighted by molar-refractivity contribution is 5.61. The van der Waals surface area contributed by atoms with Gasteiger partial charge in [-0.2, -0.15) is 0 Å². The molecule has 1 saturated carbocycles. The second-order valence-electron chi connectivity index (χ2n) is 10.7. The van der Waals surface area contributed by atoms with Crippen LogP contribution < -0.4 is 9.47 Å². The van der Waals surface area contributed by atoms with Gasteiger partial charge < -0.3 is 28.8 Å². The number of aliphatic hydroxyl groups excluding tert-OH is 1. The Morgan fingerprint density at radius 2 is 1.97 bits per heavy atom. The van der Waals surface area contributed by atoms with Gasteiger partial charge in [0, 0.05) is 43.7 Å². The van der Waals surface area contributed by atoms with Gasteiger partial charge in [0.25, 0.3) is 0 Å². The van der Waals surface area contributed by atoms with Gasteiger partial charge in [-0.1, -0.05) is 36.4 Å². The highest BCUT2D eigenvalue weighted by Gasteiger charge is 2.67. The molecule has 2 aliphatic carbocycles. The minimum Gasteiger partial charge on any atom is -0.493 e. The van der Waals surface area contributed by atoms with E-state index in [4.69, 9.17) is 23.7 Å². The van der Waals surface area contributed by atoms with E-state index >= 15 is 0 Å². The summed E-state index contributed by atoms with van der Waals surface area (Å²) in [6.45, 7) is 2.61. The third-order valence-electron chi connectivity index (χ3n) is 9.18. The van der Waals surface area contributed by atoms with Crippen molar-refractivity contribution in [1.82, 2.24) is 4.90 Å². The van der Waals surface area contributed by atoms with Gasteiger partial charge >= 0.3 is 0 Å². The van der Waals surface area contributed by atoms with Crippen LogP contribution in [0.5, 0.6) is 11.5 Å². The summed E-state index contributed by atoms with van der Waals surface area (Å²) in [7, 11) is 5.09. The standard InChI is InChI=1S/C29H37NO6/c1-32-23-10-9-19-14-22-21-13-20(17-35-16-18-7-5-4-6-8-18)26(34-3)28-29(21,25(19)27(23)36-28)11-12-30(22)15-24(31)33-2/h4-10,20-22,24,26,28,31H,11-17H2,1-3H3/t20-,21?,22?,24?,26?,28+,29?/m1/s1. The molecule has 2 aliphatic heterocycles. The SMILES string of the molecule is COc1ccc2c3c1O[C@H]1C(OC)[C@@H](COCc4ccccc4)CC4C(C2)N(CC(O)OC)CCC341. The normalized spacial score (nSPS) is 33.1. The highest BCUT2D eigenvalue weighted by atomic mass is 16.6. The summed E-state index contributed by atoms with van der Waals surface area (Å²) in [6, 6.07) is 14.9. The fourth-order valence-corrected chi connectivity index (χ4v) is 7.69. The van der Waals surface area contributed by atoms with E-state index in [9.17, 15) is 5.11 Å². The van der Waals surface area contributed by atoms with Gasteiger partial charge in [0.1, 0.15) is 6.10 Å². The largest absolute Gasteiger partial charge is 0.493 e. The second kappa shape index (κ2) is 9.62. The fourth-order valence-electron chi connectivity index (χ4n) is 7.69. The summed E-state index contributed by atoms with van der Waals surface area (Å²) in [6.07, 6.45) is 1.93. The van der Waals surface area contributed by atoms with E-state index in [2.05, 4.69) is 23.1 Å². The molecule has 6 rings (SSSR count). The quantitative estimate of drug-likeness (QED) is 0.536. The van der Waals surface area contributed by atoms with E-state index < -0.39 is 6.29 Å². The zero-order chi connectivity index (χ0) is 24.9. The number of methoxy groups -OCH3 is 3. The Morgan fingerprint density at radius 3 is 2.72 bits per heavy atom. The van der Waals surface area contributed by atoms with Gasteiger partial charge in [-0.15, -0.1) is 0 Å². The monoisotopic (exact) mass is 495 g/mol. The Hall–Kier alpha value is -2.16. The molecule has 7 heteroatoms. The maximum Gasteiger partial charge on any atom is 0.166 e. The molecular weight excluding hydrogens is 458 g/mol. The average molecular weight is 496 g/mol. The van der Waals surface area contributed by atoms with Crippen LogP contribution in [0.15, 0.2) is 42.5 Å². The van der Waals surface area contributed by atoms with E-state index in [-0.39, 0.29) is 23.5 Å². The number of ether oxygens (including phenoxy) is 5. The molecule has 2 fully saturated rings. The number of hydrogen-bond acceptors (Lipinski definition) is 7. The van der Waals surface area contributed by atoms with E-state index in [1.54, 1.807) is 21.3 Å².